The van der Waals surface area contributed by atoms with E-state index in [4.69, 9.17) is 4.74 Å². The van der Waals surface area contributed by atoms with E-state index >= 15 is 0 Å². The van der Waals surface area contributed by atoms with Gasteiger partial charge in [0.15, 0.2) is 10.7 Å². The van der Waals surface area contributed by atoms with Crippen LogP contribution in [0.3, 0.4) is 0 Å². The molecule has 0 spiro atoms. The molecule has 0 aliphatic carbocycles. The number of ether oxygens (including phenoxy) is 1. The number of hydrogen-bond acceptors (Lipinski definition) is 5. The van der Waals surface area contributed by atoms with Crippen LogP contribution in [0.25, 0.3) is 0 Å². The molecule has 0 N–H and O–H groups in total. The van der Waals surface area contributed by atoms with Gasteiger partial charge in [0.25, 0.3) is 10.0 Å². The van der Waals surface area contributed by atoms with Crippen LogP contribution in [-0.2, 0) is 28.0 Å². The second-order valence-corrected chi connectivity index (χ2v) is 8.63. The molecule has 2 aliphatic rings. The van der Waals surface area contributed by atoms with Crippen molar-refractivity contribution >= 4 is 10.0 Å². The second kappa shape index (κ2) is 7.45. The molecule has 2 aliphatic heterocycles. The van der Waals surface area contributed by atoms with E-state index in [1.54, 1.807) is 0 Å². The maximum atomic E-state index is 12.8. The van der Waals surface area contributed by atoms with Crippen LogP contribution in [0.1, 0.15) is 18.5 Å². The average molecular weight is 396 g/mol. The molecule has 1 aromatic rings. The summed E-state index contributed by atoms with van der Waals surface area (Å²) in [5, 5.41) is 2.87. The van der Waals surface area contributed by atoms with Gasteiger partial charge in [-0.05, 0) is 18.8 Å². The highest BCUT2D eigenvalue weighted by molar-refractivity contribution is 7.89. The highest BCUT2D eigenvalue weighted by Crippen LogP contribution is 2.30. The Kier molecular flexibility index (Phi) is 5.61. The van der Waals surface area contributed by atoms with Crippen molar-refractivity contribution in [3.8, 4) is 0 Å². The minimum absolute atomic E-state index is 0.262. The smallest absolute Gasteiger partial charge is 0.381 e. The molecule has 148 valence electrons. The summed E-state index contributed by atoms with van der Waals surface area (Å²) in [5.41, 5.74) is -1.20. The lowest BCUT2D eigenvalue weighted by molar-refractivity contribution is -0.141. The van der Waals surface area contributed by atoms with E-state index < -0.39 is 26.9 Å². The quantitative estimate of drug-likeness (QED) is 0.765. The van der Waals surface area contributed by atoms with Gasteiger partial charge in [-0.3, -0.25) is 4.68 Å². The summed E-state index contributed by atoms with van der Waals surface area (Å²) >= 11 is 0. The SMILES string of the molecule is Cn1nc(C(F)(F)F)cc1S(=O)(=O)N1CCN(CC2CCOCC2)CC1. The summed E-state index contributed by atoms with van der Waals surface area (Å²) in [7, 11) is -2.79. The number of rotatable bonds is 4. The lowest BCUT2D eigenvalue weighted by Gasteiger charge is -2.36. The number of alkyl halides is 3. The summed E-state index contributed by atoms with van der Waals surface area (Å²) in [6.45, 7) is 4.10. The first-order valence-corrected chi connectivity index (χ1v) is 10.0. The third-order valence-corrected chi connectivity index (χ3v) is 6.88. The van der Waals surface area contributed by atoms with E-state index in [1.807, 2.05) is 0 Å². The monoisotopic (exact) mass is 396 g/mol. The maximum Gasteiger partial charge on any atom is 0.435 e. The van der Waals surface area contributed by atoms with Crippen molar-refractivity contribution in [3.05, 3.63) is 11.8 Å². The van der Waals surface area contributed by atoms with Gasteiger partial charge in [-0.1, -0.05) is 0 Å². The Morgan fingerprint density at radius 3 is 2.35 bits per heavy atom. The summed E-state index contributed by atoms with van der Waals surface area (Å²) in [6.07, 6.45) is -2.66. The van der Waals surface area contributed by atoms with Crippen molar-refractivity contribution < 1.29 is 26.3 Å². The molecule has 26 heavy (non-hydrogen) atoms. The molecule has 2 saturated heterocycles. The molecule has 0 aromatic carbocycles. The first-order chi connectivity index (χ1) is 12.2. The van der Waals surface area contributed by atoms with E-state index in [1.165, 1.54) is 11.4 Å². The van der Waals surface area contributed by atoms with Crippen LogP contribution < -0.4 is 0 Å². The van der Waals surface area contributed by atoms with Crippen molar-refractivity contribution in [2.75, 3.05) is 45.9 Å². The van der Waals surface area contributed by atoms with Gasteiger partial charge < -0.3 is 9.64 Å². The van der Waals surface area contributed by atoms with E-state index in [2.05, 4.69) is 10.00 Å². The molecule has 0 unspecified atom stereocenters. The fourth-order valence-electron chi connectivity index (χ4n) is 3.41. The van der Waals surface area contributed by atoms with Gasteiger partial charge in [-0.15, -0.1) is 0 Å². The Morgan fingerprint density at radius 2 is 1.81 bits per heavy atom. The predicted octanol–water partition coefficient (Wildman–Crippen LogP) is 1.17. The zero-order valence-electron chi connectivity index (χ0n) is 14.6. The normalized spacial score (nSPS) is 22.0. The maximum absolute atomic E-state index is 12.8. The highest BCUT2D eigenvalue weighted by atomic mass is 32.2. The van der Waals surface area contributed by atoms with E-state index in [9.17, 15) is 21.6 Å². The molecular weight excluding hydrogens is 373 g/mol. The molecule has 11 heteroatoms. The van der Waals surface area contributed by atoms with Gasteiger partial charge in [-0.25, -0.2) is 8.42 Å². The van der Waals surface area contributed by atoms with E-state index in [0.717, 1.165) is 37.3 Å². The summed E-state index contributed by atoms with van der Waals surface area (Å²) < 4.78 is 71.1. The number of nitrogens with zero attached hydrogens (tertiary/aromatic N) is 4. The molecule has 0 amide bonds. The number of aromatic nitrogens is 2. The van der Waals surface area contributed by atoms with Gasteiger partial charge in [0, 0.05) is 59.1 Å². The number of hydrogen-bond donors (Lipinski definition) is 0. The Labute approximate surface area is 150 Å². The van der Waals surface area contributed by atoms with Gasteiger partial charge >= 0.3 is 6.18 Å². The minimum Gasteiger partial charge on any atom is -0.381 e. The zero-order chi connectivity index (χ0) is 18.9. The van der Waals surface area contributed by atoms with Crippen LogP contribution in [0.2, 0.25) is 0 Å². The summed E-state index contributed by atoms with van der Waals surface area (Å²) in [4.78, 5) is 2.21. The Morgan fingerprint density at radius 1 is 1.19 bits per heavy atom. The van der Waals surface area contributed by atoms with Crippen LogP contribution in [-0.4, -0.2) is 73.3 Å². The fourth-order valence-corrected chi connectivity index (χ4v) is 4.95. The predicted molar refractivity (Wildman–Crippen MR) is 87.0 cm³/mol. The lowest BCUT2D eigenvalue weighted by atomic mass is 9.99. The first kappa shape index (κ1) is 19.6. The fraction of sp³-hybridized carbons (Fsp3) is 0.800. The molecule has 2 fully saturated rings. The van der Waals surface area contributed by atoms with Gasteiger partial charge in [0.2, 0.25) is 0 Å². The Hall–Kier alpha value is -1.17. The summed E-state index contributed by atoms with van der Waals surface area (Å²) in [5.74, 6) is 0.554. The van der Waals surface area contributed by atoms with Crippen molar-refractivity contribution in [3.63, 3.8) is 0 Å². The average Bonchev–Trinajstić information content (AvgIpc) is 2.99. The van der Waals surface area contributed by atoms with Crippen molar-refractivity contribution in [1.29, 1.82) is 0 Å². The highest BCUT2D eigenvalue weighted by Gasteiger charge is 2.38. The Balaban J connectivity index is 1.64. The van der Waals surface area contributed by atoms with Crippen LogP contribution >= 0.6 is 0 Å². The van der Waals surface area contributed by atoms with Gasteiger partial charge in [0.05, 0.1) is 0 Å². The molecule has 0 radical (unpaired) electrons. The first-order valence-electron chi connectivity index (χ1n) is 8.59. The molecule has 1 aromatic heterocycles. The molecule has 7 nitrogen and oxygen atoms in total. The number of halogens is 3. The van der Waals surface area contributed by atoms with Gasteiger partial charge in [0.1, 0.15) is 0 Å². The van der Waals surface area contributed by atoms with E-state index in [0.29, 0.717) is 25.1 Å². The second-order valence-electron chi connectivity index (χ2n) is 6.75. The van der Waals surface area contributed by atoms with Crippen molar-refractivity contribution in [2.45, 2.75) is 24.0 Å². The molecule has 3 heterocycles. The lowest BCUT2D eigenvalue weighted by Crippen LogP contribution is -2.50. The van der Waals surface area contributed by atoms with Gasteiger partial charge in [-0.2, -0.15) is 22.6 Å². The van der Waals surface area contributed by atoms with Crippen LogP contribution in [0, 0.1) is 5.92 Å². The molecular formula is C15H23F3N4O3S. The van der Waals surface area contributed by atoms with Crippen LogP contribution in [0.5, 0.6) is 0 Å². The minimum atomic E-state index is -4.67. The van der Waals surface area contributed by atoms with Crippen molar-refractivity contribution in [1.82, 2.24) is 19.0 Å². The third-order valence-electron chi connectivity index (χ3n) is 4.92. The third kappa shape index (κ3) is 4.21. The molecule has 3 rings (SSSR count). The number of piperazine rings is 1. The van der Waals surface area contributed by atoms with Crippen LogP contribution in [0.15, 0.2) is 11.1 Å². The molecule has 0 atom stereocenters. The Bertz CT molecular complexity index is 721. The largest absolute Gasteiger partial charge is 0.435 e. The summed E-state index contributed by atoms with van der Waals surface area (Å²) in [6, 6.07) is 0.601. The number of aryl methyl sites for hydroxylation is 1. The molecule has 0 bridgehead atoms. The van der Waals surface area contributed by atoms with Crippen LogP contribution in [0.4, 0.5) is 13.2 Å². The topological polar surface area (TPSA) is 67.7 Å². The van der Waals surface area contributed by atoms with Crippen molar-refractivity contribution in [2.24, 2.45) is 13.0 Å². The zero-order valence-corrected chi connectivity index (χ0v) is 15.4. The standard InChI is InChI=1S/C15H23F3N4O3S/c1-20-14(10-13(19-20)15(16,17)18)26(23,24)22-6-4-21(5-7-22)11-12-2-8-25-9-3-12/h10,12H,2-9,11H2,1H3. The molecule has 0 saturated carbocycles. The number of sulfonamides is 1. The van der Waals surface area contributed by atoms with E-state index in [-0.39, 0.29) is 13.1 Å².